The lowest BCUT2D eigenvalue weighted by atomic mass is 9.97. The molecule has 3 rings (SSSR count). The largest absolute Gasteiger partial charge is 0.274 e. The zero-order chi connectivity index (χ0) is 16.6. The molecule has 1 fully saturated rings. The summed E-state index contributed by atoms with van der Waals surface area (Å²) in [5.74, 6) is -0.595. The molecule has 0 N–H and O–H groups in total. The first-order valence-corrected chi connectivity index (χ1v) is 8.02. The molecular formula is C19H18ClNO2. The van der Waals surface area contributed by atoms with Crippen molar-refractivity contribution in [2.24, 2.45) is 5.92 Å². The molecule has 0 aliphatic carbocycles. The van der Waals surface area contributed by atoms with Crippen LogP contribution in [0, 0.1) is 19.8 Å². The Kier molecular flexibility index (Phi) is 4.22. The number of hydrogen-bond acceptors (Lipinski definition) is 2. The zero-order valence-corrected chi connectivity index (χ0v) is 13.9. The molecule has 1 aliphatic rings. The molecule has 0 spiro atoms. The highest BCUT2D eigenvalue weighted by Gasteiger charge is 2.40. The fraction of sp³-hybridized carbons (Fsp3) is 0.263. The molecule has 2 aromatic carbocycles. The maximum atomic E-state index is 12.7. The van der Waals surface area contributed by atoms with Gasteiger partial charge in [-0.3, -0.25) is 9.59 Å². The molecule has 118 valence electrons. The monoisotopic (exact) mass is 327 g/mol. The van der Waals surface area contributed by atoms with E-state index in [9.17, 15) is 9.59 Å². The van der Waals surface area contributed by atoms with E-state index in [0.717, 1.165) is 11.1 Å². The van der Waals surface area contributed by atoms with E-state index in [-0.39, 0.29) is 24.2 Å². The average Bonchev–Trinajstić information content (AvgIpc) is 2.79. The third kappa shape index (κ3) is 3.02. The second-order valence-corrected chi connectivity index (χ2v) is 6.45. The molecule has 1 heterocycles. The van der Waals surface area contributed by atoms with Crippen LogP contribution in [0.3, 0.4) is 0 Å². The second kappa shape index (κ2) is 6.17. The van der Waals surface area contributed by atoms with Gasteiger partial charge < -0.3 is 0 Å². The van der Waals surface area contributed by atoms with E-state index < -0.39 is 0 Å². The Bertz CT molecular complexity index is 767. The summed E-state index contributed by atoms with van der Waals surface area (Å²) < 4.78 is 0. The van der Waals surface area contributed by atoms with Crippen LogP contribution in [0.5, 0.6) is 0 Å². The molecule has 2 amide bonds. The Labute approximate surface area is 140 Å². The van der Waals surface area contributed by atoms with Gasteiger partial charge in [-0.05, 0) is 43.5 Å². The van der Waals surface area contributed by atoms with Crippen molar-refractivity contribution in [2.75, 3.05) is 4.90 Å². The van der Waals surface area contributed by atoms with E-state index in [4.69, 9.17) is 11.6 Å². The van der Waals surface area contributed by atoms with Crippen molar-refractivity contribution >= 4 is 29.1 Å². The van der Waals surface area contributed by atoms with Crippen molar-refractivity contribution < 1.29 is 9.59 Å². The molecule has 0 aromatic heterocycles. The first-order chi connectivity index (χ1) is 11.0. The second-order valence-electron chi connectivity index (χ2n) is 6.04. The fourth-order valence-electron chi connectivity index (χ4n) is 2.95. The van der Waals surface area contributed by atoms with Crippen molar-refractivity contribution in [2.45, 2.75) is 26.7 Å². The minimum atomic E-state index is -0.302. The van der Waals surface area contributed by atoms with Gasteiger partial charge in [-0.25, -0.2) is 4.90 Å². The van der Waals surface area contributed by atoms with Crippen LogP contribution in [0.15, 0.2) is 42.5 Å². The molecule has 1 atom stereocenters. The van der Waals surface area contributed by atoms with Gasteiger partial charge in [0.15, 0.2) is 0 Å². The van der Waals surface area contributed by atoms with Crippen LogP contribution < -0.4 is 4.90 Å². The van der Waals surface area contributed by atoms with Gasteiger partial charge in [0.25, 0.3) is 0 Å². The molecule has 2 aromatic rings. The van der Waals surface area contributed by atoms with Crippen molar-refractivity contribution in [1.29, 1.82) is 0 Å². The van der Waals surface area contributed by atoms with Gasteiger partial charge >= 0.3 is 0 Å². The normalized spacial score (nSPS) is 17.9. The Morgan fingerprint density at radius 1 is 1.09 bits per heavy atom. The molecule has 1 saturated heterocycles. The van der Waals surface area contributed by atoms with Crippen LogP contribution in [-0.2, 0) is 16.0 Å². The number of halogens is 1. The average molecular weight is 328 g/mol. The van der Waals surface area contributed by atoms with Crippen LogP contribution in [-0.4, -0.2) is 11.8 Å². The van der Waals surface area contributed by atoms with Crippen molar-refractivity contribution in [1.82, 2.24) is 0 Å². The molecule has 0 bridgehead atoms. The van der Waals surface area contributed by atoms with E-state index in [0.29, 0.717) is 17.1 Å². The summed E-state index contributed by atoms with van der Waals surface area (Å²) >= 11 is 6.12. The molecular weight excluding hydrogens is 310 g/mol. The lowest BCUT2D eigenvalue weighted by Crippen LogP contribution is -2.31. The maximum Gasteiger partial charge on any atom is 0.237 e. The smallest absolute Gasteiger partial charge is 0.237 e. The van der Waals surface area contributed by atoms with Crippen molar-refractivity contribution in [3.05, 3.63) is 64.2 Å². The lowest BCUT2D eigenvalue weighted by Gasteiger charge is -2.18. The van der Waals surface area contributed by atoms with Gasteiger partial charge in [0.05, 0.1) is 11.6 Å². The molecule has 0 radical (unpaired) electrons. The number of nitrogens with zero attached hydrogens (tertiary/aromatic N) is 1. The Balaban J connectivity index is 1.85. The van der Waals surface area contributed by atoms with Crippen LogP contribution >= 0.6 is 11.6 Å². The Morgan fingerprint density at radius 3 is 2.48 bits per heavy atom. The summed E-state index contributed by atoms with van der Waals surface area (Å²) in [6, 6.07) is 13.4. The topological polar surface area (TPSA) is 37.4 Å². The molecule has 3 nitrogen and oxygen atoms in total. The first-order valence-electron chi connectivity index (χ1n) is 7.65. The number of rotatable bonds is 3. The predicted octanol–water partition coefficient (Wildman–Crippen LogP) is 4.08. The quantitative estimate of drug-likeness (QED) is 0.797. The van der Waals surface area contributed by atoms with Crippen LogP contribution in [0.1, 0.15) is 23.1 Å². The van der Waals surface area contributed by atoms with Gasteiger partial charge in [0.1, 0.15) is 0 Å². The maximum absolute atomic E-state index is 12.7. The Hall–Kier alpha value is -2.13. The third-order valence-electron chi connectivity index (χ3n) is 4.32. The van der Waals surface area contributed by atoms with Crippen LogP contribution in [0.4, 0.5) is 5.69 Å². The van der Waals surface area contributed by atoms with E-state index in [1.54, 1.807) is 18.2 Å². The number of carbonyl (C=O) groups excluding carboxylic acids is 2. The summed E-state index contributed by atoms with van der Waals surface area (Å²) in [7, 11) is 0. The number of anilines is 1. The molecule has 1 aliphatic heterocycles. The van der Waals surface area contributed by atoms with Gasteiger partial charge in [0.2, 0.25) is 11.8 Å². The molecule has 0 saturated carbocycles. The molecule has 1 unspecified atom stereocenters. The van der Waals surface area contributed by atoms with E-state index >= 15 is 0 Å². The summed E-state index contributed by atoms with van der Waals surface area (Å²) in [5, 5.41) is 0.560. The number of amides is 2. The SMILES string of the molecule is Cc1ccc(CC2CC(=O)N(c3cccc(Cl)c3C)C2=O)cc1. The fourth-order valence-corrected chi connectivity index (χ4v) is 3.12. The minimum absolute atomic E-state index is 0.138. The van der Waals surface area contributed by atoms with E-state index in [2.05, 4.69) is 0 Å². The first kappa shape index (κ1) is 15.8. The van der Waals surface area contributed by atoms with Gasteiger partial charge in [-0.15, -0.1) is 0 Å². The van der Waals surface area contributed by atoms with Crippen LogP contribution in [0.2, 0.25) is 5.02 Å². The van der Waals surface area contributed by atoms with Gasteiger partial charge in [0, 0.05) is 11.4 Å². The summed E-state index contributed by atoms with van der Waals surface area (Å²) in [4.78, 5) is 26.4. The summed E-state index contributed by atoms with van der Waals surface area (Å²) in [6.07, 6.45) is 0.833. The van der Waals surface area contributed by atoms with Gasteiger partial charge in [-0.2, -0.15) is 0 Å². The third-order valence-corrected chi connectivity index (χ3v) is 4.73. The zero-order valence-electron chi connectivity index (χ0n) is 13.2. The number of carbonyl (C=O) groups is 2. The molecule has 23 heavy (non-hydrogen) atoms. The predicted molar refractivity (Wildman–Crippen MR) is 91.7 cm³/mol. The minimum Gasteiger partial charge on any atom is -0.274 e. The highest BCUT2D eigenvalue weighted by Crippen LogP contribution is 2.33. The number of aryl methyl sites for hydroxylation is 1. The van der Waals surface area contributed by atoms with Crippen LogP contribution in [0.25, 0.3) is 0 Å². The van der Waals surface area contributed by atoms with Crippen molar-refractivity contribution in [3.63, 3.8) is 0 Å². The Morgan fingerprint density at radius 2 is 1.78 bits per heavy atom. The highest BCUT2D eigenvalue weighted by molar-refractivity contribution is 6.32. The van der Waals surface area contributed by atoms with E-state index in [1.165, 1.54) is 10.5 Å². The number of benzene rings is 2. The van der Waals surface area contributed by atoms with Gasteiger partial charge in [-0.1, -0.05) is 47.5 Å². The number of imide groups is 1. The standard InChI is InChI=1S/C19H18ClNO2/c1-12-6-8-14(9-7-12)10-15-11-18(22)21(19(15)23)17-5-3-4-16(20)13(17)2/h3-9,15H,10-11H2,1-2H3. The molecule has 4 heteroatoms. The highest BCUT2D eigenvalue weighted by atomic mass is 35.5. The summed E-state index contributed by atoms with van der Waals surface area (Å²) in [5.41, 5.74) is 3.61. The lowest BCUT2D eigenvalue weighted by molar-refractivity contribution is -0.122. The summed E-state index contributed by atoms with van der Waals surface area (Å²) in [6.45, 7) is 3.85. The van der Waals surface area contributed by atoms with Crippen molar-refractivity contribution in [3.8, 4) is 0 Å². The number of hydrogen-bond donors (Lipinski definition) is 0. The van der Waals surface area contributed by atoms with E-state index in [1.807, 2.05) is 38.1 Å².